The van der Waals surface area contributed by atoms with E-state index in [1.54, 1.807) is 6.92 Å². The molecule has 0 aliphatic heterocycles. The number of benzene rings is 1. The van der Waals surface area contributed by atoms with Gasteiger partial charge in [-0.25, -0.2) is 0 Å². The summed E-state index contributed by atoms with van der Waals surface area (Å²) in [5.41, 5.74) is 1.92. The maximum atomic E-state index is 11.9. The van der Waals surface area contributed by atoms with Gasteiger partial charge in [-0.3, -0.25) is 4.79 Å². The van der Waals surface area contributed by atoms with Crippen LogP contribution in [-0.2, 0) is 0 Å². The lowest BCUT2D eigenvalue weighted by molar-refractivity contribution is 0.317. The van der Waals surface area contributed by atoms with Gasteiger partial charge >= 0.3 is 0 Å². The van der Waals surface area contributed by atoms with Crippen molar-refractivity contribution in [3.8, 4) is 17.1 Å². The van der Waals surface area contributed by atoms with E-state index < -0.39 is 0 Å². The molecule has 3 heteroatoms. The number of rotatable bonds is 3. The molecule has 0 unspecified atom stereocenters. The van der Waals surface area contributed by atoms with Crippen LogP contribution < -0.4 is 10.2 Å². The van der Waals surface area contributed by atoms with Crippen LogP contribution in [0.2, 0.25) is 0 Å². The summed E-state index contributed by atoms with van der Waals surface area (Å²) in [6.45, 7) is 6.05. The van der Waals surface area contributed by atoms with Gasteiger partial charge in [0.2, 0.25) is 11.2 Å². The monoisotopic (exact) mass is 244 g/mol. The molecule has 0 atom stereocenters. The lowest BCUT2D eigenvalue weighted by Crippen LogP contribution is -2.08. The fraction of sp³-hybridized carbons (Fsp3) is 0.267. The van der Waals surface area contributed by atoms with Crippen molar-refractivity contribution < 1.29 is 9.15 Å². The molecular formula is C15H16O3. The molecule has 1 heterocycles. The number of hydrogen-bond donors (Lipinski definition) is 0. The molecule has 2 rings (SSSR count). The zero-order valence-corrected chi connectivity index (χ0v) is 10.8. The summed E-state index contributed by atoms with van der Waals surface area (Å²) in [5.74, 6) is 1.38. The first-order chi connectivity index (χ1) is 8.61. The van der Waals surface area contributed by atoms with E-state index >= 15 is 0 Å². The van der Waals surface area contributed by atoms with Crippen LogP contribution >= 0.6 is 0 Å². The Bertz CT molecular complexity index is 594. The number of aryl methyl sites for hydroxylation is 2. The fourth-order valence-electron chi connectivity index (χ4n) is 1.78. The topological polar surface area (TPSA) is 39.4 Å². The molecule has 0 bridgehead atoms. The molecule has 0 saturated carbocycles. The van der Waals surface area contributed by atoms with Gasteiger partial charge in [0.1, 0.15) is 11.5 Å². The summed E-state index contributed by atoms with van der Waals surface area (Å²) in [7, 11) is 0. The van der Waals surface area contributed by atoms with Crippen molar-refractivity contribution in [1.29, 1.82) is 0 Å². The highest BCUT2D eigenvalue weighted by Crippen LogP contribution is 2.23. The molecule has 0 N–H and O–H groups in total. The van der Waals surface area contributed by atoms with Crippen LogP contribution in [-0.4, -0.2) is 6.61 Å². The largest absolute Gasteiger partial charge is 0.487 e. The van der Waals surface area contributed by atoms with Crippen LogP contribution in [0.15, 0.2) is 39.5 Å². The van der Waals surface area contributed by atoms with E-state index in [2.05, 4.69) is 0 Å². The van der Waals surface area contributed by atoms with Gasteiger partial charge in [0, 0.05) is 11.6 Å². The minimum absolute atomic E-state index is 0.142. The third-order valence-corrected chi connectivity index (χ3v) is 2.69. The minimum Gasteiger partial charge on any atom is -0.487 e. The van der Waals surface area contributed by atoms with E-state index in [9.17, 15) is 4.79 Å². The van der Waals surface area contributed by atoms with Crippen molar-refractivity contribution in [2.45, 2.75) is 20.8 Å². The van der Waals surface area contributed by atoms with E-state index in [0.29, 0.717) is 23.9 Å². The average molecular weight is 244 g/mol. The minimum atomic E-state index is -0.142. The second-order valence-electron chi connectivity index (χ2n) is 4.16. The summed E-state index contributed by atoms with van der Waals surface area (Å²) in [5, 5.41) is 0. The van der Waals surface area contributed by atoms with E-state index in [4.69, 9.17) is 9.15 Å². The Kier molecular flexibility index (Phi) is 3.51. The highest BCUT2D eigenvalue weighted by Gasteiger charge is 2.10. The van der Waals surface area contributed by atoms with E-state index in [0.717, 1.165) is 5.56 Å². The molecule has 0 aliphatic carbocycles. The third kappa shape index (κ3) is 2.45. The molecule has 1 aromatic heterocycles. The molecule has 1 aromatic carbocycles. The molecule has 0 saturated heterocycles. The zero-order valence-electron chi connectivity index (χ0n) is 10.8. The quantitative estimate of drug-likeness (QED) is 0.831. The Hall–Kier alpha value is -2.03. The predicted molar refractivity (Wildman–Crippen MR) is 71.1 cm³/mol. The van der Waals surface area contributed by atoms with Crippen molar-refractivity contribution in [2.75, 3.05) is 6.61 Å². The summed E-state index contributed by atoms with van der Waals surface area (Å²) in [6.07, 6.45) is 0. The molecule has 2 aromatic rings. The lowest BCUT2D eigenvalue weighted by atomic mass is 10.1. The first-order valence-electron chi connectivity index (χ1n) is 5.96. The lowest BCUT2D eigenvalue weighted by Gasteiger charge is -2.07. The van der Waals surface area contributed by atoms with Crippen LogP contribution in [0.25, 0.3) is 11.3 Å². The van der Waals surface area contributed by atoms with Crippen molar-refractivity contribution >= 4 is 0 Å². The van der Waals surface area contributed by atoms with E-state index in [1.165, 1.54) is 11.6 Å². The molecule has 94 valence electrons. The van der Waals surface area contributed by atoms with Gasteiger partial charge in [-0.05, 0) is 20.8 Å². The van der Waals surface area contributed by atoms with Crippen molar-refractivity contribution in [2.24, 2.45) is 0 Å². The Morgan fingerprint density at radius 1 is 1.17 bits per heavy atom. The summed E-state index contributed by atoms with van der Waals surface area (Å²) in [4.78, 5) is 11.9. The predicted octanol–water partition coefficient (Wildman–Crippen LogP) is 3.32. The molecule has 0 fully saturated rings. The molecular weight excluding hydrogens is 228 g/mol. The molecule has 3 nitrogen and oxygen atoms in total. The Labute approximate surface area is 106 Å². The third-order valence-electron chi connectivity index (χ3n) is 2.69. The first-order valence-corrected chi connectivity index (χ1v) is 5.96. The zero-order chi connectivity index (χ0) is 13.1. The van der Waals surface area contributed by atoms with Gasteiger partial charge in [0.25, 0.3) is 0 Å². The molecule has 0 amide bonds. The molecule has 0 aliphatic rings. The van der Waals surface area contributed by atoms with Gasteiger partial charge in [-0.2, -0.15) is 0 Å². The van der Waals surface area contributed by atoms with Crippen LogP contribution in [0, 0.1) is 13.8 Å². The van der Waals surface area contributed by atoms with Gasteiger partial charge in [0.05, 0.1) is 6.61 Å². The summed E-state index contributed by atoms with van der Waals surface area (Å²) >= 11 is 0. The standard InChI is InChI=1S/C15H16O3/c1-4-17-15-11(3)18-14(9-13(15)16)12-7-5-10(2)6-8-12/h5-9H,4H2,1-3H3. The highest BCUT2D eigenvalue weighted by molar-refractivity contribution is 5.58. The first kappa shape index (κ1) is 12.4. The second kappa shape index (κ2) is 5.08. The average Bonchev–Trinajstić information content (AvgIpc) is 2.34. The molecule has 0 radical (unpaired) electrons. The van der Waals surface area contributed by atoms with E-state index in [-0.39, 0.29) is 5.43 Å². The Morgan fingerprint density at radius 2 is 1.83 bits per heavy atom. The number of hydrogen-bond acceptors (Lipinski definition) is 3. The van der Waals surface area contributed by atoms with Crippen LogP contribution in [0.5, 0.6) is 5.75 Å². The van der Waals surface area contributed by atoms with Crippen LogP contribution in [0.3, 0.4) is 0 Å². The van der Waals surface area contributed by atoms with Crippen molar-refractivity contribution in [1.82, 2.24) is 0 Å². The number of ether oxygens (including phenoxy) is 1. The maximum Gasteiger partial charge on any atom is 0.227 e. The van der Waals surface area contributed by atoms with Crippen molar-refractivity contribution in [3.05, 3.63) is 51.9 Å². The maximum absolute atomic E-state index is 11.9. The smallest absolute Gasteiger partial charge is 0.227 e. The van der Waals surface area contributed by atoms with Crippen LogP contribution in [0.1, 0.15) is 18.2 Å². The summed E-state index contributed by atoms with van der Waals surface area (Å²) in [6, 6.07) is 9.33. The SMILES string of the molecule is CCOc1c(C)oc(-c2ccc(C)cc2)cc1=O. The van der Waals surface area contributed by atoms with Crippen LogP contribution in [0.4, 0.5) is 0 Å². The summed E-state index contributed by atoms with van der Waals surface area (Å²) < 4.78 is 10.9. The Morgan fingerprint density at radius 3 is 2.39 bits per heavy atom. The molecule has 0 spiro atoms. The van der Waals surface area contributed by atoms with Crippen molar-refractivity contribution in [3.63, 3.8) is 0 Å². The van der Waals surface area contributed by atoms with E-state index in [1.807, 2.05) is 38.1 Å². The Balaban J connectivity index is 2.48. The fourth-order valence-corrected chi connectivity index (χ4v) is 1.78. The van der Waals surface area contributed by atoms with Gasteiger partial charge in [0.15, 0.2) is 0 Å². The second-order valence-corrected chi connectivity index (χ2v) is 4.16. The van der Waals surface area contributed by atoms with Gasteiger partial charge in [-0.1, -0.05) is 29.8 Å². The van der Waals surface area contributed by atoms with Gasteiger partial charge in [-0.15, -0.1) is 0 Å². The normalized spacial score (nSPS) is 10.4. The van der Waals surface area contributed by atoms with Gasteiger partial charge < -0.3 is 9.15 Å². The molecule has 18 heavy (non-hydrogen) atoms. The highest BCUT2D eigenvalue weighted by atomic mass is 16.5.